The summed E-state index contributed by atoms with van der Waals surface area (Å²) in [7, 11) is 3.57. The van der Waals surface area contributed by atoms with Crippen LogP contribution in [0.25, 0.3) is 11.0 Å². The highest BCUT2D eigenvalue weighted by atomic mass is 16.1. The summed E-state index contributed by atoms with van der Waals surface area (Å²) < 4.78 is 3.16. The second-order valence-corrected chi connectivity index (χ2v) is 4.48. The van der Waals surface area contributed by atoms with Crippen molar-refractivity contribution in [3.63, 3.8) is 0 Å². The molecule has 0 aliphatic heterocycles. The summed E-state index contributed by atoms with van der Waals surface area (Å²) >= 11 is 0. The van der Waals surface area contributed by atoms with Gasteiger partial charge in [-0.05, 0) is 17.7 Å². The molecular weight excluding hydrogens is 256 g/mol. The van der Waals surface area contributed by atoms with E-state index in [9.17, 15) is 4.79 Å². The molecule has 7 nitrogen and oxygen atoms in total. The topological polar surface area (TPSA) is 77.6 Å². The number of nitrogens with zero attached hydrogens (tertiary/aromatic N) is 5. The van der Waals surface area contributed by atoms with Gasteiger partial charge in [0.05, 0.1) is 12.7 Å². The van der Waals surface area contributed by atoms with Gasteiger partial charge in [-0.1, -0.05) is 0 Å². The first-order valence-corrected chi connectivity index (χ1v) is 6.19. The van der Waals surface area contributed by atoms with Crippen LogP contribution in [0.1, 0.15) is 5.56 Å². The monoisotopic (exact) mass is 270 g/mol. The molecule has 0 saturated carbocycles. The van der Waals surface area contributed by atoms with Crippen molar-refractivity contribution in [1.29, 1.82) is 0 Å². The molecule has 0 aliphatic carbocycles. The van der Waals surface area contributed by atoms with Crippen molar-refractivity contribution in [3.8, 4) is 0 Å². The van der Waals surface area contributed by atoms with Crippen LogP contribution in [0.3, 0.4) is 0 Å². The molecule has 1 N–H and O–H groups in total. The average Bonchev–Trinajstić information content (AvgIpc) is 2.84. The first-order chi connectivity index (χ1) is 9.69. The van der Waals surface area contributed by atoms with Gasteiger partial charge in [0.2, 0.25) is 0 Å². The van der Waals surface area contributed by atoms with Crippen LogP contribution < -0.4 is 10.9 Å². The number of aryl methyl sites for hydroxylation is 1. The molecule has 0 bridgehead atoms. The highest BCUT2D eigenvalue weighted by molar-refractivity contribution is 5.72. The molecule has 0 spiro atoms. The Morgan fingerprint density at radius 3 is 3.00 bits per heavy atom. The fourth-order valence-electron chi connectivity index (χ4n) is 2.09. The number of hydrogen-bond acceptors (Lipinski definition) is 5. The number of anilines is 1. The standard InChI is InChI=1S/C13H14N6O/c1-14-11-5-9(3-4-15-11)7-19-8-16-12-10(13(19)20)6-17-18(12)2/h3-6,8H,7H2,1-2H3,(H,14,15). The molecule has 3 aromatic rings. The molecule has 0 aromatic carbocycles. The van der Waals surface area contributed by atoms with E-state index < -0.39 is 0 Å². The lowest BCUT2D eigenvalue weighted by Gasteiger charge is -2.07. The number of nitrogens with one attached hydrogen (secondary N) is 1. The number of fused-ring (bicyclic) bond motifs is 1. The minimum absolute atomic E-state index is 0.0917. The van der Waals surface area contributed by atoms with E-state index in [0.29, 0.717) is 17.6 Å². The number of pyridine rings is 1. The maximum absolute atomic E-state index is 12.3. The third-order valence-corrected chi connectivity index (χ3v) is 3.15. The third kappa shape index (κ3) is 2.03. The van der Waals surface area contributed by atoms with Gasteiger partial charge >= 0.3 is 0 Å². The van der Waals surface area contributed by atoms with Crippen LogP contribution in [0.15, 0.2) is 35.6 Å². The van der Waals surface area contributed by atoms with Crippen LogP contribution in [0.4, 0.5) is 5.82 Å². The van der Waals surface area contributed by atoms with E-state index >= 15 is 0 Å². The summed E-state index contributed by atoms with van der Waals surface area (Å²) in [6.45, 7) is 0.452. The molecule has 20 heavy (non-hydrogen) atoms. The quantitative estimate of drug-likeness (QED) is 0.754. The highest BCUT2D eigenvalue weighted by Crippen LogP contribution is 2.08. The Kier molecular flexibility index (Phi) is 2.94. The normalized spacial score (nSPS) is 10.9. The van der Waals surface area contributed by atoms with Crippen molar-refractivity contribution in [1.82, 2.24) is 24.3 Å². The Balaban J connectivity index is 2.02. The smallest absolute Gasteiger partial charge is 0.264 e. The Labute approximate surface area is 114 Å². The second kappa shape index (κ2) is 4.76. The molecule has 3 rings (SSSR count). The van der Waals surface area contributed by atoms with E-state index in [-0.39, 0.29) is 5.56 Å². The van der Waals surface area contributed by atoms with Gasteiger partial charge in [-0.3, -0.25) is 14.0 Å². The van der Waals surface area contributed by atoms with Gasteiger partial charge in [-0.2, -0.15) is 5.10 Å². The van der Waals surface area contributed by atoms with Gasteiger partial charge in [0.15, 0.2) is 5.65 Å². The maximum atomic E-state index is 12.3. The van der Waals surface area contributed by atoms with E-state index in [2.05, 4.69) is 20.4 Å². The first-order valence-electron chi connectivity index (χ1n) is 6.19. The van der Waals surface area contributed by atoms with Gasteiger partial charge < -0.3 is 5.32 Å². The van der Waals surface area contributed by atoms with E-state index in [1.165, 1.54) is 0 Å². The van der Waals surface area contributed by atoms with Crippen molar-refractivity contribution in [2.24, 2.45) is 7.05 Å². The van der Waals surface area contributed by atoms with Crippen LogP contribution in [-0.4, -0.2) is 31.4 Å². The van der Waals surface area contributed by atoms with Gasteiger partial charge in [0, 0.05) is 20.3 Å². The molecule has 0 fully saturated rings. The molecule has 0 amide bonds. The van der Waals surface area contributed by atoms with Crippen molar-refractivity contribution in [2.45, 2.75) is 6.54 Å². The summed E-state index contributed by atoms with van der Waals surface area (Å²) in [5, 5.41) is 7.55. The maximum Gasteiger partial charge on any atom is 0.264 e. The average molecular weight is 270 g/mol. The lowest BCUT2D eigenvalue weighted by molar-refractivity contribution is 0.737. The molecule has 3 heterocycles. The Hall–Kier alpha value is -2.70. The van der Waals surface area contributed by atoms with E-state index in [1.54, 1.807) is 35.0 Å². The molecule has 7 heteroatoms. The predicted molar refractivity (Wildman–Crippen MR) is 75.7 cm³/mol. The van der Waals surface area contributed by atoms with Crippen molar-refractivity contribution >= 4 is 16.9 Å². The van der Waals surface area contributed by atoms with Crippen LogP contribution in [0.2, 0.25) is 0 Å². The minimum Gasteiger partial charge on any atom is -0.373 e. The summed E-state index contributed by atoms with van der Waals surface area (Å²) in [6.07, 6.45) is 4.81. The number of aromatic nitrogens is 5. The number of hydrogen-bond donors (Lipinski definition) is 1. The first kappa shape index (κ1) is 12.3. The summed E-state index contributed by atoms with van der Waals surface area (Å²) in [5.74, 6) is 0.769. The molecule has 0 atom stereocenters. The Bertz CT molecular complexity index is 819. The van der Waals surface area contributed by atoms with Gasteiger partial charge in [-0.25, -0.2) is 9.97 Å². The van der Waals surface area contributed by atoms with E-state index in [1.807, 2.05) is 19.2 Å². The van der Waals surface area contributed by atoms with Gasteiger partial charge in [-0.15, -0.1) is 0 Å². The zero-order valence-electron chi connectivity index (χ0n) is 11.2. The van der Waals surface area contributed by atoms with Crippen molar-refractivity contribution < 1.29 is 0 Å². The summed E-state index contributed by atoms with van der Waals surface area (Å²) in [6, 6.07) is 3.78. The van der Waals surface area contributed by atoms with Crippen LogP contribution >= 0.6 is 0 Å². The zero-order chi connectivity index (χ0) is 14.1. The fourth-order valence-corrected chi connectivity index (χ4v) is 2.09. The molecule has 102 valence electrons. The fraction of sp³-hybridized carbons (Fsp3) is 0.231. The summed E-state index contributed by atoms with van der Waals surface area (Å²) in [5.41, 5.74) is 1.49. The van der Waals surface area contributed by atoms with Gasteiger partial charge in [0.25, 0.3) is 5.56 Å². The SMILES string of the molecule is CNc1cc(Cn2cnc3c(cnn3C)c2=O)ccn1. The van der Waals surface area contributed by atoms with Gasteiger partial charge in [0.1, 0.15) is 17.5 Å². The lowest BCUT2D eigenvalue weighted by atomic mass is 10.2. The summed E-state index contributed by atoms with van der Waals surface area (Å²) in [4.78, 5) is 20.8. The minimum atomic E-state index is -0.0917. The van der Waals surface area contributed by atoms with E-state index in [0.717, 1.165) is 11.4 Å². The van der Waals surface area contributed by atoms with Crippen LogP contribution in [0.5, 0.6) is 0 Å². The molecule has 0 unspecified atom stereocenters. The van der Waals surface area contributed by atoms with Crippen molar-refractivity contribution in [2.75, 3.05) is 12.4 Å². The van der Waals surface area contributed by atoms with Crippen LogP contribution in [-0.2, 0) is 13.6 Å². The Morgan fingerprint density at radius 1 is 1.35 bits per heavy atom. The number of rotatable bonds is 3. The highest BCUT2D eigenvalue weighted by Gasteiger charge is 2.08. The third-order valence-electron chi connectivity index (χ3n) is 3.15. The predicted octanol–water partition coefficient (Wildman–Crippen LogP) is 0.615. The molecule has 0 radical (unpaired) electrons. The van der Waals surface area contributed by atoms with Crippen molar-refractivity contribution in [3.05, 3.63) is 46.8 Å². The molecule has 0 aliphatic rings. The largest absolute Gasteiger partial charge is 0.373 e. The molecule has 0 saturated heterocycles. The lowest BCUT2D eigenvalue weighted by Crippen LogP contribution is -2.21. The molecule has 3 aromatic heterocycles. The second-order valence-electron chi connectivity index (χ2n) is 4.48. The molecular formula is C13H14N6O. The Morgan fingerprint density at radius 2 is 2.20 bits per heavy atom. The van der Waals surface area contributed by atoms with E-state index in [4.69, 9.17) is 0 Å². The van der Waals surface area contributed by atoms with Crippen LogP contribution in [0, 0.1) is 0 Å². The zero-order valence-corrected chi connectivity index (χ0v) is 11.2.